The van der Waals surface area contributed by atoms with Crippen molar-refractivity contribution in [3.05, 3.63) is 53.5 Å². The molecule has 3 amide bonds. The van der Waals surface area contributed by atoms with Gasteiger partial charge < -0.3 is 15.0 Å². The number of likely N-dealkylation sites (tertiary alicyclic amines) is 1. The first-order valence-electron chi connectivity index (χ1n) is 11.6. The van der Waals surface area contributed by atoms with E-state index in [9.17, 15) is 18.8 Å². The van der Waals surface area contributed by atoms with Crippen LogP contribution < -0.4 is 10.6 Å². The number of benzene rings is 1. The van der Waals surface area contributed by atoms with Crippen LogP contribution in [-0.4, -0.2) is 39.9 Å². The molecule has 1 aliphatic rings. The van der Waals surface area contributed by atoms with E-state index in [4.69, 9.17) is 4.74 Å². The highest BCUT2D eigenvalue weighted by Crippen LogP contribution is 2.39. The Kier molecular flexibility index (Phi) is 7.47. The Hall–Kier alpha value is -3.49. The molecule has 3 rings (SSSR count). The van der Waals surface area contributed by atoms with Gasteiger partial charge in [0.1, 0.15) is 17.2 Å². The topological polar surface area (TPSA) is 101 Å². The quantitative estimate of drug-likeness (QED) is 0.583. The van der Waals surface area contributed by atoms with E-state index < -0.39 is 23.5 Å². The van der Waals surface area contributed by atoms with Gasteiger partial charge in [-0.25, -0.2) is 14.2 Å². The molecule has 1 fully saturated rings. The van der Waals surface area contributed by atoms with Gasteiger partial charge in [-0.2, -0.15) is 0 Å². The second kappa shape index (κ2) is 10.0. The van der Waals surface area contributed by atoms with Crippen molar-refractivity contribution < 1.29 is 23.5 Å². The van der Waals surface area contributed by atoms with Crippen LogP contribution in [0.3, 0.4) is 0 Å². The monoisotopic (exact) mass is 484 g/mol. The van der Waals surface area contributed by atoms with Crippen LogP contribution in [0.15, 0.2) is 36.5 Å². The number of amides is 3. The van der Waals surface area contributed by atoms with Crippen molar-refractivity contribution in [3.63, 3.8) is 0 Å². The summed E-state index contributed by atoms with van der Waals surface area (Å²) >= 11 is 0. The highest BCUT2D eigenvalue weighted by atomic mass is 19.1. The zero-order chi connectivity index (χ0) is 26.0. The Bertz CT molecular complexity index is 1110. The van der Waals surface area contributed by atoms with Gasteiger partial charge in [-0.15, -0.1) is 0 Å². The molecule has 1 aliphatic heterocycles. The minimum Gasteiger partial charge on any atom is -0.444 e. The van der Waals surface area contributed by atoms with Crippen LogP contribution in [0.25, 0.3) is 0 Å². The number of carbonyl (C=O) groups excluding carboxylic acids is 3. The fourth-order valence-electron chi connectivity index (χ4n) is 4.07. The van der Waals surface area contributed by atoms with E-state index in [1.807, 2.05) is 0 Å². The summed E-state index contributed by atoms with van der Waals surface area (Å²) in [5.74, 6) is -1.52. The van der Waals surface area contributed by atoms with E-state index in [1.165, 1.54) is 18.3 Å². The Balaban J connectivity index is 1.73. The number of aryl methyl sites for hydroxylation is 1. The largest absolute Gasteiger partial charge is 0.444 e. The number of halogens is 1. The predicted octanol–water partition coefficient (Wildman–Crippen LogP) is 5.20. The van der Waals surface area contributed by atoms with Crippen molar-refractivity contribution >= 4 is 29.4 Å². The summed E-state index contributed by atoms with van der Waals surface area (Å²) in [6.45, 7) is 11.5. The molecule has 35 heavy (non-hydrogen) atoms. The van der Waals surface area contributed by atoms with E-state index >= 15 is 0 Å². The van der Waals surface area contributed by atoms with Crippen LogP contribution in [0.1, 0.15) is 64.6 Å². The number of anilines is 2. The van der Waals surface area contributed by atoms with Gasteiger partial charge in [0.2, 0.25) is 0 Å². The normalized spacial score (nSPS) is 17.5. The molecule has 2 aromatic rings. The number of pyridine rings is 1. The highest BCUT2D eigenvalue weighted by Gasteiger charge is 2.38. The third kappa shape index (κ3) is 7.00. The lowest BCUT2D eigenvalue weighted by molar-refractivity contribution is -0.147. The molecule has 0 saturated carbocycles. The lowest BCUT2D eigenvalue weighted by atomic mass is 9.79. The van der Waals surface area contributed by atoms with E-state index in [0.717, 1.165) is 12.0 Å². The predicted molar refractivity (Wildman–Crippen MR) is 131 cm³/mol. The molecular formula is C26H33FN4O4. The number of aromatic nitrogens is 1. The minimum atomic E-state index is -0.788. The van der Waals surface area contributed by atoms with E-state index in [-0.39, 0.29) is 23.1 Å². The SMILES string of the molecule is Cc1cc(NC(=O)C(=O)N2CC(C)(C)CC[C@@H]2c2ccc(F)cc2)cnc1NC(=O)OC(C)(C)C. The van der Waals surface area contributed by atoms with Crippen LogP contribution in [0.5, 0.6) is 0 Å². The molecule has 0 spiro atoms. The van der Waals surface area contributed by atoms with Gasteiger partial charge in [0, 0.05) is 6.54 Å². The van der Waals surface area contributed by atoms with Crippen molar-refractivity contribution in [2.45, 2.75) is 66.0 Å². The molecule has 0 unspecified atom stereocenters. The van der Waals surface area contributed by atoms with E-state index in [2.05, 4.69) is 29.5 Å². The van der Waals surface area contributed by atoms with Gasteiger partial charge >= 0.3 is 17.9 Å². The molecule has 1 aromatic carbocycles. The lowest BCUT2D eigenvalue weighted by Gasteiger charge is -2.43. The maximum absolute atomic E-state index is 13.4. The number of nitrogens with zero attached hydrogens (tertiary/aromatic N) is 2. The average Bonchev–Trinajstić information content (AvgIpc) is 2.74. The number of piperidine rings is 1. The summed E-state index contributed by atoms with van der Waals surface area (Å²) in [5.41, 5.74) is 0.897. The maximum Gasteiger partial charge on any atom is 0.413 e. The van der Waals surface area contributed by atoms with Gasteiger partial charge in [0.05, 0.1) is 17.9 Å². The second-order valence-corrected chi connectivity index (χ2v) is 10.7. The van der Waals surface area contributed by atoms with Gasteiger partial charge in [-0.3, -0.25) is 14.9 Å². The fraction of sp³-hybridized carbons (Fsp3) is 0.462. The molecule has 1 aromatic heterocycles. The Morgan fingerprint density at radius 2 is 1.80 bits per heavy atom. The summed E-state index contributed by atoms with van der Waals surface area (Å²) < 4.78 is 18.7. The summed E-state index contributed by atoms with van der Waals surface area (Å²) in [6.07, 6.45) is 2.27. The standard InChI is InChI=1S/C26H33FN4O4/c1-16-13-19(14-28-21(16)30-24(34)35-25(2,3)4)29-22(32)23(33)31-15-26(5,6)12-11-20(31)17-7-9-18(27)10-8-17/h7-10,13-14,20H,11-12,15H2,1-6H3,(H,29,32)(H,28,30,34)/t20-/m1/s1. The molecule has 8 nitrogen and oxygen atoms in total. The maximum atomic E-state index is 13.4. The highest BCUT2D eigenvalue weighted by molar-refractivity contribution is 6.39. The number of hydrogen-bond acceptors (Lipinski definition) is 5. The van der Waals surface area contributed by atoms with Crippen LogP contribution in [0.4, 0.5) is 20.7 Å². The van der Waals surface area contributed by atoms with Crippen LogP contribution in [0.2, 0.25) is 0 Å². The lowest BCUT2D eigenvalue weighted by Crippen LogP contribution is -2.49. The summed E-state index contributed by atoms with van der Waals surface area (Å²) in [7, 11) is 0. The Morgan fingerprint density at radius 1 is 1.14 bits per heavy atom. The van der Waals surface area contributed by atoms with Crippen molar-refractivity contribution in [1.29, 1.82) is 0 Å². The minimum absolute atomic E-state index is 0.153. The first kappa shape index (κ1) is 26.1. The second-order valence-electron chi connectivity index (χ2n) is 10.7. The van der Waals surface area contributed by atoms with Crippen molar-refractivity contribution in [2.24, 2.45) is 5.41 Å². The molecule has 9 heteroatoms. The molecule has 0 bridgehead atoms. The first-order chi connectivity index (χ1) is 16.2. The molecule has 188 valence electrons. The van der Waals surface area contributed by atoms with Crippen LogP contribution in [0, 0.1) is 18.2 Å². The van der Waals surface area contributed by atoms with Gasteiger partial charge in [-0.1, -0.05) is 26.0 Å². The van der Waals surface area contributed by atoms with Crippen molar-refractivity contribution in [2.75, 3.05) is 17.2 Å². The Labute approximate surface area is 205 Å². The molecule has 0 aliphatic carbocycles. The number of nitrogens with one attached hydrogen (secondary N) is 2. The van der Waals surface area contributed by atoms with E-state index in [0.29, 0.717) is 24.2 Å². The molecular weight excluding hydrogens is 451 g/mol. The van der Waals surface area contributed by atoms with E-state index in [1.54, 1.807) is 50.8 Å². The molecule has 1 saturated heterocycles. The summed E-state index contributed by atoms with van der Waals surface area (Å²) in [4.78, 5) is 43.9. The number of rotatable bonds is 3. The summed E-state index contributed by atoms with van der Waals surface area (Å²) in [5, 5.41) is 5.18. The Morgan fingerprint density at radius 3 is 2.40 bits per heavy atom. The van der Waals surface area contributed by atoms with Gasteiger partial charge in [-0.05, 0) is 75.3 Å². The third-order valence-corrected chi connectivity index (χ3v) is 5.73. The molecule has 0 radical (unpaired) electrons. The number of hydrogen-bond donors (Lipinski definition) is 2. The first-order valence-corrected chi connectivity index (χ1v) is 11.6. The molecule has 2 N–H and O–H groups in total. The van der Waals surface area contributed by atoms with Gasteiger partial charge in [0.15, 0.2) is 0 Å². The third-order valence-electron chi connectivity index (χ3n) is 5.73. The zero-order valence-corrected chi connectivity index (χ0v) is 21.1. The molecule has 1 atom stereocenters. The number of carbonyl (C=O) groups is 3. The van der Waals surface area contributed by atoms with Crippen LogP contribution >= 0.6 is 0 Å². The van der Waals surface area contributed by atoms with Crippen LogP contribution in [-0.2, 0) is 14.3 Å². The summed E-state index contributed by atoms with van der Waals surface area (Å²) in [6, 6.07) is 7.32. The average molecular weight is 485 g/mol. The van der Waals surface area contributed by atoms with Gasteiger partial charge in [0.25, 0.3) is 0 Å². The molecule has 2 heterocycles. The zero-order valence-electron chi connectivity index (χ0n) is 21.1. The van der Waals surface area contributed by atoms with Crippen molar-refractivity contribution in [3.8, 4) is 0 Å². The smallest absolute Gasteiger partial charge is 0.413 e. The number of ether oxygens (including phenoxy) is 1. The van der Waals surface area contributed by atoms with Crippen molar-refractivity contribution in [1.82, 2.24) is 9.88 Å². The fourth-order valence-corrected chi connectivity index (χ4v) is 4.07.